The Morgan fingerprint density at radius 1 is 1.50 bits per heavy atom. The zero-order valence-electron chi connectivity index (χ0n) is 8.59. The summed E-state index contributed by atoms with van der Waals surface area (Å²) in [5, 5.41) is 0. The summed E-state index contributed by atoms with van der Waals surface area (Å²) in [5.41, 5.74) is 5.66. The standard InChI is InChI=1S/C10H22N2/c1-8(2)6-12-7-10(5-11)4-9(12)3/h8-10H,4-7,11H2,1-3H3. The van der Waals surface area contributed by atoms with Gasteiger partial charge in [-0.3, -0.25) is 0 Å². The van der Waals surface area contributed by atoms with Crippen LogP contribution in [0.25, 0.3) is 0 Å². The summed E-state index contributed by atoms with van der Waals surface area (Å²) in [4.78, 5) is 2.57. The Labute approximate surface area is 76.1 Å². The van der Waals surface area contributed by atoms with Crippen LogP contribution in [0.3, 0.4) is 0 Å². The molecule has 2 unspecified atom stereocenters. The van der Waals surface area contributed by atoms with Gasteiger partial charge in [0.1, 0.15) is 0 Å². The fourth-order valence-electron chi connectivity index (χ4n) is 2.11. The lowest BCUT2D eigenvalue weighted by molar-refractivity contribution is 0.235. The van der Waals surface area contributed by atoms with Gasteiger partial charge in [0.2, 0.25) is 0 Å². The third-order valence-electron chi connectivity index (χ3n) is 2.72. The zero-order chi connectivity index (χ0) is 9.14. The van der Waals surface area contributed by atoms with Gasteiger partial charge in [-0.2, -0.15) is 0 Å². The van der Waals surface area contributed by atoms with Gasteiger partial charge < -0.3 is 10.6 Å². The molecule has 2 N–H and O–H groups in total. The summed E-state index contributed by atoms with van der Waals surface area (Å²) in [6.07, 6.45) is 1.29. The Morgan fingerprint density at radius 3 is 2.58 bits per heavy atom. The van der Waals surface area contributed by atoms with Gasteiger partial charge in [-0.1, -0.05) is 13.8 Å². The molecule has 72 valence electrons. The van der Waals surface area contributed by atoms with Gasteiger partial charge >= 0.3 is 0 Å². The maximum absolute atomic E-state index is 5.66. The number of hydrogen-bond acceptors (Lipinski definition) is 2. The number of likely N-dealkylation sites (tertiary alicyclic amines) is 1. The van der Waals surface area contributed by atoms with Crippen molar-refractivity contribution in [3.05, 3.63) is 0 Å². The second-order valence-electron chi connectivity index (χ2n) is 4.53. The van der Waals surface area contributed by atoms with E-state index in [1.165, 1.54) is 19.5 Å². The van der Waals surface area contributed by atoms with E-state index in [-0.39, 0.29) is 0 Å². The number of rotatable bonds is 3. The van der Waals surface area contributed by atoms with Crippen molar-refractivity contribution in [3.8, 4) is 0 Å². The van der Waals surface area contributed by atoms with Crippen LogP contribution in [0.1, 0.15) is 27.2 Å². The molecular weight excluding hydrogens is 148 g/mol. The molecule has 0 aromatic heterocycles. The highest BCUT2D eigenvalue weighted by molar-refractivity contribution is 4.83. The van der Waals surface area contributed by atoms with E-state index in [1.54, 1.807) is 0 Å². The monoisotopic (exact) mass is 170 g/mol. The molecule has 12 heavy (non-hydrogen) atoms. The quantitative estimate of drug-likeness (QED) is 0.692. The average molecular weight is 170 g/mol. The van der Waals surface area contributed by atoms with E-state index < -0.39 is 0 Å². The van der Waals surface area contributed by atoms with E-state index in [2.05, 4.69) is 25.7 Å². The van der Waals surface area contributed by atoms with Crippen molar-refractivity contribution in [2.24, 2.45) is 17.6 Å². The van der Waals surface area contributed by atoms with Crippen LogP contribution in [0.2, 0.25) is 0 Å². The molecule has 1 heterocycles. The second-order valence-corrected chi connectivity index (χ2v) is 4.53. The number of nitrogens with two attached hydrogens (primary N) is 1. The molecule has 0 radical (unpaired) electrons. The molecule has 0 amide bonds. The molecule has 0 aromatic carbocycles. The lowest BCUT2D eigenvalue weighted by atomic mass is 10.1. The minimum atomic E-state index is 0.749. The van der Waals surface area contributed by atoms with Gasteiger partial charge in [0.25, 0.3) is 0 Å². The minimum absolute atomic E-state index is 0.749. The molecule has 2 nitrogen and oxygen atoms in total. The van der Waals surface area contributed by atoms with Crippen LogP contribution in [-0.2, 0) is 0 Å². The largest absolute Gasteiger partial charge is 0.330 e. The lowest BCUT2D eigenvalue weighted by Gasteiger charge is -2.22. The molecule has 2 atom stereocenters. The smallest absolute Gasteiger partial charge is 0.00707 e. The van der Waals surface area contributed by atoms with Gasteiger partial charge in [-0.05, 0) is 31.7 Å². The van der Waals surface area contributed by atoms with Crippen LogP contribution < -0.4 is 5.73 Å². The third-order valence-corrected chi connectivity index (χ3v) is 2.72. The van der Waals surface area contributed by atoms with Gasteiger partial charge in [-0.25, -0.2) is 0 Å². The van der Waals surface area contributed by atoms with Crippen molar-refractivity contribution < 1.29 is 0 Å². The predicted octanol–water partition coefficient (Wildman–Crippen LogP) is 1.31. The highest BCUT2D eigenvalue weighted by Crippen LogP contribution is 2.22. The molecular formula is C10H22N2. The zero-order valence-corrected chi connectivity index (χ0v) is 8.59. The SMILES string of the molecule is CC(C)CN1CC(CN)CC1C. The van der Waals surface area contributed by atoms with E-state index in [1.807, 2.05) is 0 Å². The Bertz CT molecular complexity index is 134. The van der Waals surface area contributed by atoms with Crippen molar-refractivity contribution in [1.82, 2.24) is 4.90 Å². The maximum atomic E-state index is 5.66. The van der Waals surface area contributed by atoms with Crippen LogP contribution in [0.5, 0.6) is 0 Å². The highest BCUT2D eigenvalue weighted by atomic mass is 15.2. The normalized spacial score (nSPS) is 31.8. The average Bonchev–Trinajstić information content (AvgIpc) is 2.31. The Morgan fingerprint density at radius 2 is 2.17 bits per heavy atom. The van der Waals surface area contributed by atoms with E-state index in [0.717, 1.165) is 24.4 Å². The van der Waals surface area contributed by atoms with Crippen LogP contribution in [-0.4, -0.2) is 30.6 Å². The first-order chi connectivity index (χ1) is 5.63. The highest BCUT2D eigenvalue weighted by Gasteiger charge is 2.27. The van der Waals surface area contributed by atoms with E-state index in [9.17, 15) is 0 Å². The van der Waals surface area contributed by atoms with Crippen molar-refractivity contribution in [3.63, 3.8) is 0 Å². The van der Waals surface area contributed by atoms with Gasteiger partial charge in [0.15, 0.2) is 0 Å². The number of nitrogens with zero attached hydrogens (tertiary/aromatic N) is 1. The van der Waals surface area contributed by atoms with Gasteiger partial charge in [0.05, 0.1) is 0 Å². The van der Waals surface area contributed by atoms with E-state index in [0.29, 0.717) is 0 Å². The van der Waals surface area contributed by atoms with E-state index >= 15 is 0 Å². The molecule has 1 fully saturated rings. The molecule has 0 spiro atoms. The Kier molecular flexibility index (Phi) is 3.53. The molecule has 2 heteroatoms. The van der Waals surface area contributed by atoms with Crippen LogP contribution >= 0.6 is 0 Å². The predicted molar refractivity (Wildman–Crippen MR) is 53.0 cm³/mol. The fourth-order valence-corrected chi connectivity index (χ4v) is 2.11. The third kappa shape index (κ3) is 2.46. The topological polar surface area (TPSA) is 29.3 Å². The molecule has 1 rings (SSSR count). The summed E-state index contributed by atoms with van der Waals surface area (Å²) in [7, 11) is 0. The van der Waals surface area contributed by atoms with Crippen molar-refractivity contribution in [2.75, 3.05) is 19.6 Å². The van der Waals surface area contributed by atoms with Crippen LogP contribution in [0.4, 0.5) is 0 Å². The molecule has 0 saturated carbocycles. The van der Waals surface area contributed by atoms with Crippen molar-refractivity contribution in [1.29, 1.82) is 0 Å². The molecule has 0 aliphatic carbocycles. The van der Waals surface area contributed by atoms with Crippen molar-refractivity contribution in [2.45, 2.75) is 33.2 Å². The summed E-state index contributed by atoms with van der Waals surface area (Å²) >= 11 is 0. The first-order valence-corrected chi connectivity index (χ1v) is 5.07. The van der Waals surface area contributed by atoms with E-state index in [4.69, 9.17) is 5.73 Å². The van der Waals surface area contributed by atoms with Crippen LogP contribution in [0, 0.1) is 11.8 Å². The summed E-state index contributed by atoms with van der Waals surface area (Å²) in [5.74, 6) is 1.53. The lowest BCUT2D eigenvalue weighted by Crippen LogP contribution is -2.31. The first kappa shape index (κ1) is 10.0. The summed E-state index contributed by atoms with van der Waals surface area (Å²) < 4.78 is 0. The van der Waals surface area contributed by atoms with Gasteiger partial charge in [0, 0.05) is 19.1 Å². The molecule has 0 bridgehead atoms. The Hall–Kier alpha value is -0.0800. The summed E-state index contributed by atoms with van der Waals surface area (Å²) in [6, 6.07) is 0.751. The maximum Gasteiger partial charge on any atom is 0.00707 e. The summed E-state index contributed by atoms with van der Waals surface area (Å²) in [6.45, 7) is 10.2. The molecule has 1 saturated heterocycles. The van der Waals surface area contributed by atoms with Gasteiger partial charge in [-0.15, -0.1) is 0 Å². The molecule has 0 aromatic rings. The minimum Gasteiger partial charge on any atom is -0.330 e. The second kappa shape index (κ2) is 4.24. The van der Waals surface area contributed by atoms with Crippen molar-refractivity contribution >= 4 is 0 Å². The van der Waals surface area contributed by atoms with Crippen LogP contribution in [0.15, 0.2) is 0 Å². The fraction of sp³-hybridized carbons (Fsp3) is 1.00. The molecule has 1 aliphatic heterocycles. The first-order valence-electron chi connectivity index (χ1n) is 5.07. The molecule has 1 aliphatic rings. The number of hydrogen-bond donors (Lipinski definition) is 1. The Balaban J connectivity index is 2.35.